The van der Waals surface area contributed by atoms with Crippen LogP contribution in [0.15, 0.2) is 18.3 Å². The molecule has 1 aliphatic carbocycles. The Bertz CT molecular complexity index is 711. The van der Waals surface area contributed by atoms with Crippen LogP contribution in [0.5, 0.6) is 5.88 Å². The summed E-state index contributed by atoms with van der Waals surface area (Å²) in [6, 6.07) is 4.36. The van der Waals surface area contributed by atoms with Crippen molar-refractivity contribution in [3.05, 3.63) is 23.9 Å². The van der Waals surface area contributed by atoms with Crippen molar-refractivity contribution in [2.24, 2.45) is 0 Å². The molecule has 29 heavy (non-hydrogen) atoms. The first kappa shape index (κ1) is 20.1. The molecule has 0 bridgehead atoms. The minimum Gasteiger partial charge on any atom is -0.474 e. The zero-order chi connectivity index (χ0) is 20.2. The van der Waals surface area contributed by atoms with E-state index in [1.54, 1.807) is 19.2 Å². The summed E-state index contributed by atoms with van der Waals surface area (Å²) in [5, 5.41) is 0. The second-order valence-corrected chi connectivity index (χ2v) is 8.47. The smallest absolute Gasteiger partial charge is 0.255 e. The van der Waals surface area contributed by atoms with Crippen molar-refractivity contribution in [2.45, 2.75) is 57.6 Å². The number of nitrogens with zero attached hydrogens (tertiary/aromatic N) is 4. The number of aromatic nitrogens is 1. The summed E-state index contributed by atoms with van der Waals surface area (Å²) in [5.74, 6) is 0.734. The molecule has 0 spiro atoms. The molecule has 3 fully saturated rings. The van der Waals surface area contributed by atoms with Crippen LogP contribution in [0.25, 0.3) is 0 Å². The van der Waals surface area contributed by atoms with Crippen molar-refractivity contribution in [1.82, 2.24) is 19.7 Å². The Balaban J connectivity index is 1.28. The van der Waals surface area contributed by atoms with E-state index in [2.05, 4.69) is 9.88 Å². The van der Waals surface area contributed by atoms with Crippen LogP contribution >= 0.6 is 0 Å². The summed E-state index contributed by atoms with van der Waals surface area (Å²) >= 11 is 0. The third-order valence-corrected chi connectivity index (χ3v) is 6.57. The summed E-state index contributed by atoms with van der Waals surface area (Å²) in [4.78, 5) is 35.1. The maximum atomic E-state index is 12.9. The van der Waals surface area contributed by atoms with Crippen molar-refractivity contribution in [3.8, 4) is 5.88 Å². The van der Waals surface area contributed by atoms with E-state index in [1.807, 2.05) is 15.9 Å². The van der Waals surface area contributed by atoms with E-state index in [9.17, 15) is 9.59 Å². The average molecular weight is 401 g/mol. The molecule has 2 amide bonds. The summed E-state index contributed by atoms with van der Waals surface area (Å²) in [6.45, 7) is 6.74. The van der Waals surface area contributed by atoms with Gasteiger partial charge in [0.15, 0.2) is 0 Å². The number of piperidine rings is 1. The fourth-order valence-corrected chi connectivity index (χ4v) is 4.48. The number of carbonyl (C=O) groups is 2. The van der Waals surface area contributed by atoms with Gasteiger partial charge < -0.3 is 14.5 Å². The zero-order valence-corrected chi connectivity index (χ0v) is 17.4. The van der Waals surface area contributed by atoms with Crippen molar-refractivity contribution in [3.63, 3.8) is 0 Å². The van der Waals surface area contributed by atoms with Crippen LogP contribution in [0.1, 0.15) is 55.8 Å². The Morgan fingerprint density at radius 3 is 2.34 bits per heavy atom. The quantitative estimate of drug-likeness (QED) is 0.775. The van der Waals surface area contributed by atoms with Crippen LogP contribution in [0.2, 0.25) is 0 Å². The number of likely N-dealkylation sites (tertiary alicyclic amines) is 1. The van der Waals surface area contributed by atoms with E-state index in [0.717, 1.165) is 64.6 Å². The second-order valence-electron chi connectivity index (χ2n) is 8.47. The van der Waals surface area contributed by atoms with E-state index < -0.39 is 0 Å². The minimum atomic E-state index is 0.0641. The third-order valence-electron chi connectivity index (χ3n) is 6.57. The summed E-state index contributed by atoms with van der Waals surface area (Å²) in [5.41, 5.74) is 0.626. The van der Waals surface area contributed by atoms with Gasteiger partial charge in [0, 0.05) is 77.3 Å². The van der Waals surface area contributed by atoms with Gasteiger partial charge in [0.1, 0.15) is 6.10 Å². The lowest BCUT2D eigenvalue weighted by atomic mass is 9.91. The molecule has 2 aliphatic heterocycles. The molecule has 3 heterocycles. The highest BCUT2D eigenvalue weighted by Crippen LogP contribution is 2.26. The van der Waals surface area contributed by atoms with Crippen molar-refractivity contribution in [2.75, 3.05) is 39.3 Å². The van der Waals surface area contributed by atoms with Gasteiger partial charge in [-0.3, -0.25) is 14.5 Å². The van der Waals surface area contributed by atoms with Gasteiger partial charge in [-0.2, -0.15) is 0 Å². The van der Waals surface area contributed by atoms with Crippen LogP contribution in [0.4, 0.5) is 0 Å². The molecule has 0 unspecified atom stereocenters. The second kappa shape index (κ2) is 9.11. The topological polar surface area (TPSA) is 66.0 Å². The van der Waals surface area contributed by atoms with Gasteiger partial charge in [-0.15, -0.1) is 0 Å². The van der Waals surface area contributed by atoms with Crippen molar-refractivity contribution >= 4 is 11.8 Å². The Kier molecular flexibility index (Phi) is 6.33. The Morgan fingerprint density at radius 2 is 1.72 bits per heavy atom. The van der Waals surface area contributed by atoms with Crippen molar-refractivity contribution < 1.29 is 14.3 Å². The molecule has 2 saturated heterocycles. The fourth-order valence-electron chi connectivity index (χ4n) is 4.48. The number of hydrogen-bond acceptors (Lipinski definition) is 5. The van der Waals surface area contributed by atoms with E-state index in [4.69, 9.17) is 4.74 Å². The third kappa shape index (κ3) is 4.89. The Hall–Kier alpha value is -2.15. The van der Waals surface area contributed by atoms with Crippen LogP contribution in [-0.2, 0) is 4.79 Å². The lowest BCUT2D eigenvalue weighted by Crippen LogP contribution is -2.42. The Morgan fingerprint density at radius 1 is 0.931 bits per heavy atom. The first-order chi connectivity index (χ1) is 14.1. The average Bonchev–Trinajstić information content (AvgIpc) is 2.93. The zero-order valence-electron chi connectivity index (χ0n) is 17.4. The molecule has 0 atom stereocenters. The summed E-state index contributed by atoms with van der Waals surface area (Å²) < 4.78 is 5.96. The summed E-state index contributed by atoms with van der Waals surface area (Å²) in [6.07, 6.45) is 8.34. The lowest BCUT2D eigenvalue weighted by Gasteiger charge is -2.36. The van der Waals surface area contributed by atoms with Gasteiger partial charge in [-0.05, 0) is 25.3 Å². The Labute approximate surface area is 173 Å². The number of carbonyl (C=O) groups excluding carboxylic acids is 2. The highest BCUT2D eigenvalue weighted by Gasteiger charge is 2.28. The van der Waals surface area contributed by atoms with Crippen LogP contribution in [0, 0.1) is 0 Å². The molecule has 0 radical (unpaired) electrons. The first-order valence-electron chi connectivity index (χ1n) is 11.0. The highest BCUT2D eigenvalue weighted by atomic mass is 16.5. The van der Waals surface area contributed by atoms with Gasteiger partial charge >= 0.3 is 0 Å². The van der Waals surface area contributed by atoms with E-state index >= 15 is 0 Å². The van der Waals surface area contributed by atoms with E-state index in [1.165, 1.54) is 19.3 Å². The van der Waals surface area contributed by atoms with Crippen LogP contribution in [-0.4, -0.2) is 82.9 Å². The normalized spacial score (nSPS) is 22.1. The molecule has 7 heteroatoms. The molecule has 3 aliphatic rings. The number of rotatable bonds is 4. The van der Waals surface area contributed by atoms with Crippen LogP contribution in [0.3, 0.4) is 0 Å². The predicted octanol–water partition coefficient (Wildman–Crippen LogP) is 2.17. The predicted molar refractivity (Wildman–Crippen MR) is 110 cm³/mol. The standard InChI is InChI=1S/C22H32N4O3/c1-17(27)24-12-8-20(9-13-24)29-21-7-6-18(16-23-21)22(28)26-11-3-10-25(14-15-26)19-4-2-5-19/h6-7,16,19-20H,2-5,8-15H2,1H3. The van der Waals surface area contributed by atoms with Gasteiger partial charge in [-0.1, -0.05) is 6.42 Å². The fraction of sp³-hybridized carbons (Fsp3) is 0.682. The number of hydrogen-bond donors (Lipinski definition) is 0. The van der Waals surface area contributed by atoms with Crippen LogP contribution < -0.4 is 4.74 Å². The first-order valence-corrected chi connectivity index (χ1v) is 11.0. The number of pyridine rings is 1. The van der Waals surface area contributed by atoms with E-state index in [0.29, 0.717) is 11.4 Å². The molecule has 4 rings (SSSR count). The van der Waals surface area contributed by atoms with Gasteiger partial charge in [0.05, 0.1) is 5.56 Å². The monoisotopic (exact) mass is 400 g/mol. The summed E-state index contributed by atoms with van der Waals surface area (Å²) in [7, 11) is 0. The molecule has 0 N–H and O–H groups in total. The molecule has 1 aromatic heterocycles. The molecule has 0 aromatic carbocycles. The maximum absolute atomic E-state index is 12.9. The molecule has 7 nitrogen and oxygen atoms in total. The minimum absolute atomic E-state index is 0.0641. The molecule has 158 valence electrons. The maximum Gasteiger partial charge on any atom is 0.255 e. The molecular weight excluding hydrogens is 368 g/mol. The van der Waals surface area contributed by atoms with E-state index in [-0.39, 0.29) is 17.9 Å². The van der Waals surface area contributed by atoms with Gasteiger partial charge in [0.25, 0.3) is 5.91 Å². The lowest BCUT2D eigenvalue weighted by molar-refractivity contribution is -0.130. The highest BCUT2D eigenvalue weighted by molar-refractivity contribution is 5.94. The van der Waals surface area contributed by atoms with Gasteiger partial charge in [-0.25, -0.2) is 4.98 Å². The number of amides is 2. The molecule has 1 saturated carbocycles. The number of ether oxygens (including phenoxy) is 1. The largest absolute Gasteiger partial charge is 0.474 e. The van der Waals surface area contributed by atoms with Gasteiger partial charge in [0.2, 0.25) is 11.8 Å². The SMILES string of the molecule is CC(=O)N1CCC(Oc2ccc(C(=O)N3CCCN(C4CCC4)CC3)cn2)CC1. The molecular formula is C22H32N4O3. The van der Waals surface area contributed by atoms with Crippen molar-refractivity contribution in [1.29, 1.82) is 0 Å². The molecule has 1 aromatic rings.